The first-order valence-corrected chi connectivity index (χ1v) is 10.1. The minimum absolute atomic E-state index is 0.137. The molecule has 0 radical (unpaired) electrons. The Morgan fingerprint density at radius 3 is 2.60 bits per heavy atom. The number of aryl methyl sites for hydroxylation is 2. The highest BCUT2D eigenvalue weighted by molar-refractivity contribution is 5.89. The van der Waals surface area contributed by atoms with Gasteiger partial charge in [0.1, 0.15) is 23.1 Å². The van der Waals surface area contributed by atoms with E-state index in [1.165, 1.54) is 13.0 Å². The Kier molecular flexibility index (Phi) is 4.95. The first kappa shape index (κ1) is 20.3. The molecule has 0 bridgehead atoms. The fourth-order valence-corrected chi connectivity index (χ4v) is 4.60. The second-order valence-corrected chi connectivity index (χ2v) is 7.95. The summed E-state index contributed by atoms with van der Waals surface area (Å²) in [4.78, 5) is 34.4. The number of carbonyl (C=O) groups excluding carboxylic acids is 1. The van der Waals surface area contributed by atoms with Crippen molar-refractivity contribution in [1.29, 1.82) is 0 Å². The van der Waals surface area contributed by atoms with E-state index in [4.69, 9.17) is 0 Å². The predicted molar refractivity (Wildman–Crippen MR) is 111 cm³/mol. The lowest BCUT2D eigenvalue weighted by Gasteiger charge is -2.41. The molecule has 0 unspecified atom stereocenters. The highest BCUT2D eigenvalue weighted by Gasteiger charge is 2.44. The van der Waals surface area contributed by atoms with E-state index in [0.29, 0.717) is 60.5 Å². The smallest absolute Gasteiger partial charge is 0.261 e. The van der Waals surface area contributed by atoms with Crippen molar-refractivity contribution in [3.63, 3.8) is 0 Å². The van der Waals surface area contributed by atoms with Crippen LogP contribution in [0.1, 0.15) is 37.8 Å². The monoisotopic (exact) mass is 414 g/mol. The molecule has 158 valence electrons. The van der Waals surface area contributed by atoms with Crippen LogP contribution in [-0.2, 0) is 23.7 Å². The maximum Gasteiger partial charge on any atom is 0.261 e. The number of piperidine rings is 1. The standard InChI is InChI=1S/C22H24F2N4O2/c1-4-14-11-15(23)12-17(24)18(14)22(13(2)29)6-9-28(10-7-22)21-25-19-16(20(30)26-21)5-8-27(19)3/h5,8,11-12H,4,6-7,9-10H2,1-3H3,(H,25,26,30). The van der Waals surface area contributed by atoms with Crippen LogP contribution in [0, 0.1) is 11.6 Å². The molecule has 30 heavy (non-hydrogen) atoms. The SMILES string of the molecule is CCc1cc(F)cc(F)c1C1(C(C)=O)CCN(c2nc3c(ccn3C)c(=O)[nH]2)CC1. The molecule has 3 heterocycles. The number of fused-ring (bicyclic) bond motifs is 1. The number of aromatic amines is 1. The second-order valence-electron chi connectivity index (χ2n) is 7.95. The average Bonchev–Trinajstić information content (AvgIpc) is 3.08. The van der Waals surface area contributed by atoms with Gasteiger partial charge in [0.05, 0.1) is 10.8 Å². The first-order chi connectivity index (χ1) is 14.3. The van der Waals surface area contributed by atoms with Gasteiger partial charge in [0.15, 0.2) is 0 Å². The molecule has 1 saturated heterocycles. The van der Waals surface area contributed by atoms with Gasteiger partial charge in [-0.3, -0.25) is 14.6 Å². The Morgan fingerprint density at radius 1 is 1.27 bits per heavy atom. The van der Waals surface area contributed by atoms with Gasteiger partial charge >= 0.3 is 0 Å². The highest BCUT2D eigenvalue weighted by atomic mass is 19.1. The van der Waals surface area contributed by atoms with Crippen molar-refractivity contribution in [2.75, 3.05) is 18.0 Å². The van der Waals surface area contributed by atoms with E-state index in [2.05, 4.69) is 9.97 Å². The van der Waals surface area contributed by atoms with Crippen molar-refractivity contribution < 1.29 is 13.6 Å². The van der Waals surface area contributed by atoms with Crippen LogP contribution < -0.4 is 10.5 Å². The Balaban J connectivity index is 1.71. The number of benzene rings is 1. The molecule has 0 amide bonds. The molecule has 1 aliphatic rings. The van der Waals surface area contributed by atoms with E-state index in [1.807, 2.05) is 18.9 Å². The summed E-state index contributed by atoms with van der Waals surface area (Å²) in [6, 6.07) is 3.89. The molecule has 1 fully saturated rings. The number of carbonyl (C=O) groups is 1. The number of nitrogens with one attached hydrogen (secondary N) is 1. The van der Waals surface area contributed by atoms with Gasteiger partial charge in [-0.15, -0.1) is 0 Å². The number of nitrogens with zero attached hydrogens (tertiary/aromatic N) is 3. The third-order valence-electron chi connectivity index (χ3n) is 6.31. The zero-order valence-corrected chi connectivity index (χ0v) is 17.3. The third kappa shape index (κ3) is 3.11. The molecular formula is C22H24F2N4O2. The van der Waals surface area contributed by atoms with Crippen LogP contribution >= 0.6 is 0 Å². The van der Waals surface area contributed by atoms with E-state index < -0.39 is 17.0 Å². The van der Waals surface area contributed by atoms with E-state index >= 15 is 0 Å². The largest absolute Gasteiger partial charge is 0.342 e. The van der Waals surface area contributed by atoms with Crippen LogP contribution in [0.4, 0.5) is 14.7 Å². The fraction of sp³-hybridized carbons (Fsp3) is 0.409. The quantitative estimate of drug-likeness (QED) is 0.712. The van der Waals surface area contributed by atoms with Gasteiger partial charge in [-0.25, -0.2) is 8.78 Å². The van der Waals surface area contributed by atoms with Gasteiger partial charge in [-0.2, -0.15) is 4.98 Å². The molecule has 1 aliphatic heterocycles. The van der Waals surface area contributed by atoms with Gasteiger partial charge < -0.3 is 9.47 Å². The Bertz CT molecular complexity index is 1190. The van der Waals surface area contributed by atoms with Gasteiger partial charge in [-0.1, -0.05) is 6.92 Å². The molecule has 4 rings (SSSR count). The zero-order valence-electron chi connectivity index (χ0n) is 17.3. The van der Waals surface area contributed by atoms with Crippen molar-refractivity contribution in [1.82, 2.24) is 14.5 Å². The Morgan fingerprint density at radius 2 is 1.97 bits per heavy atom. The number of H-pyrrole nitrogens is 1. The van der Waals surface area contributed by atoms with Gasteiger partial charge in [0, 0.05) is 38.0 Å². The van der Waals surface area contributed by atoms with Crippen LogP contribution in [-0.4, -0.2) is 33.4 Å². The summed E-state index contributed by atoms with van der Waals surface area (Å²) in [5, 5.41) is 0.511. The molecular weight excluding hydrogens is 390 g/mol. The minimum atomic E-state index is -1.02. The summed E-state index contributed by atoms with van der Waals surface area (Å²) in [6.07, 6.45) is 2.92. The molecule has 0 spiro atoms. The van der Waals surface area contributed by atoms with Gasteiger partial charge in [0.2, 0.25) is 5.95 Å². The minimum Gasteiger partial charge on any atom is -0.342 e. The molecule has 3 aromatic rings. The normalized spacial score (nSPS) is 16.2. The fourth-order valence-electron chi connectivity index (χ4n) is 4.60. The summed E-state index contributed by atoms with van der Waals surface area (Å²) < 4.78 is 30.4. The number of ketones is 1. The molecule has 0 aliphatic carbocycles. The lowest BCUT2D eigenvalue weighted by atomic mass is 9.68. The lowest BCUT2D eigenvalue weighted by molar-refractivity contribution is -0.123. The van der Waals surface area contributed by atoms with E-state index in [1.54, 1.807) is 16.8 Å². The number of hydrogen-bond acceptors (Lipinski definition) is 4. The van der Waals surface area contributed by atoms with Gasteiger partial charge in [0.25, 0.3) is 5.56 Å². The first-order valence-electron chi connectivity index (χ1n) is 10.1. The van der Waals surface area contributed by atoms with Crippen molar-refractivity contribution in [3.05, 3.63) is 57.5 Å². The number of halogens is 2. The summed E-state index contributed by atoms with van der Waals surface area (Å²) in [6.45, 7) is 4.12. The van der Waals surface area contributed by atoms with E-state index in [0.717, 1.165) is 6.07 Å². The zero-order chi connectivity index (χ0) is 21.6. The molecule has 1 N–H and O–H groups in total. The van der Waals surface area contributed by atoms with Crippen LogP contribution in [0.2, 0.25) is 0 Å². The average molecular weight is 414 g/mol. The molecule has 0 saturated carbocycles. The topological polar surface area (TPSA) is 71.0 Å². The number of rotatable bonds is 4. The number of anilines is 1. The van der Waals surface area contributed by atoms with Crippen LogP contribution in [0.15, 0.2) is 29.2 Å². The van der Waals surface area contributed by atoms with Crippen molar-refractivity contribution >= 4 is 22.8 Å². The van der Waals surface area contributed by atoms with Crippen molar-refractivity contribution in [3.8, 4) is 0 Å². The molecule has 1 aromatic carbocycles. The van der Waals surface area contributed by atoms with Gasteiger partial charge in [-0.05, 0) is 43.9 Å². The van der Waals surface area contributed by atoms with E-state index in [9.17, 15) is 18.4 Å². The third-order valence-corrected chi connectivity index (χ3v) is 6.31. The maximum atomic E-state index is 14.9. The Hall–Kier alpha value is -3.03. The van der Waals surface area contributed by atoms with Crippen molar-refractivity contribution in [2.24, 2.45) is 7.05 Å². The molecule has 0 atom stereocenters. The molecule has 8 heteroatoms. The number of hydrogen-bond donors (Lipinski definition) is 1. The predicted octanol–water partition coefficient (Wildman–Crippen LogP) is 3.23. The lowest BCUT2D eigenvalue weighted by Crippen LogP contribution is -2.48. The van der Waals surface area contributed by atoms with Crippen LogP contribution in [0.5, 0.6) is 0 Å². The highest BCUT2D eigenvalue weighted by Crippen LogP contribution is 2.41. The summed E-state index contributed by atoms with van der Waals surface area (Å²) >= 11 is 0. The van der Waals surface area contributed by atoms with Crippen LogP contribution in [0.3, 0.4) is 0 Å². The molecule has 6 nitrogen and oxygen atoms in total. The number of Topliss-reactive ketones (excluding diaryl/α,β-unsaturated/α-hetero) is 1. The van der Waals surface area contributed by atoms with E-state index in [-0.39, 0.29) is 11.3 Å². The summed E-state index contributed by atoms with van der Waals surface area (Å²) in [5.74, 6) is -1.02. The second kappa shape index (κ2) is 7.34. The molecule has 2 aromatic heterocycles. The number of aromatic nitrogens is 3. The summed E-state index contributed by atoms with van der Waals surface area (Å²) in [5.41, 5.74) is 0.160. The summed E-state index contributed by atoms with van der Waals surface area (Å²) in [7, 11) is 1.82. The Labute approximate surface area is 172 Å². The van der Waals surface area contributed by atoms with Crippen LogP contribution in [0.25, 0.3) is 11.0 Å². The maximum absolute atomic E-state index is 14.9. The van der Waals surface area contributed by atoms with Crippen molar-refractivity contribution in [2.45, 2.75) is 38.5 Å².